The molecule has 2 aromatic rings. The van der Waals surface area contributed by atoms with Gasteiger partial charge in [-0.2, -0.15) is 0 Å². The van der Waals surface area contributed by atoms with Crippen molar-refractivity contribution in [3.8, 4) is 0 Å². The van der Waals surface area contributed by atoms with Crippen molar-refractivity contribution in [2.24, 2.45) is 0 Å². The summed E-state index contributed by atoms with van der Waals surface area (Å²) >= 11 is 0. The summed E-state index contributed by atoms with van der Waals surface area (Å²) in [5.41, 5.74) is 1.38. The van der Waals surface area contributed by atoms with Crippen molar-refractivity contribution in [3.05, 3.63) is 42.2 Å². The number of rotatable bonds is 1. The molecule has 88 valence electrons. The van der Waals surface area contributed by atoms with Gasteiger partial charge in [-0.1, -0.05) is 52.8 Å². The minimum atomic E-state index is 1.10. The average Bonchev–Trinajstić information content (AvgIpc) is 2.42. The van der Waals surface area contributed by atoms with E-state index in [1.54, 1.807) is 0 Å². The SMILES string of the molecule is CC.CC.CCc1ccc2cnccc2c1. The van der Waals surface area contributed by atoms with E-state index < -0.39 is 0 Å². The van der Waals surface area contributed by atoms with Gasteiger partial charge in [0.05, 0.1) is 0 Å². The van der Waals surface area contributed by atoms with Crippen LogP contribution in [0.1, 0.15) is 40.2 Å². The van der Waals surface area contributed by atoms with Crippen molar-refractivity contribution in [2.75, 3.05) is 0 Å². The van der Waals surface area contributed by atoms with E-state index >= 15 is 0 Å². The fourth-order valence-electron chi connectivity index (χ4n) is 1.35. The molecule has 1 aromatic heterocycles. The lowest BCUT2D eigenvalue weighted by Crippen LogP contribution is -1.80. The lowest BCUT2D eigenvalue weighted by molar-refractivity contribution is 1.15. The number of hydrogen-bond acceptors (Lipinski definition) is 1. The van der Waals surface area contributed by atoms with Crippen molar-refractivity contribution in [2.45, 2.75) is 41.0 Å². The Balaban J connectivity index is 0.000000509. The Kier molecular flexibility index (Phi) is 8.14. The van der Waals surface area contributed by atoms with Crippen LogP contribution in [0.3, 0.4) is 0 Å². The zero-order chi connectivity index (χ0) is 12.4. The zero-order valence-electron chi connectivity index (χ0n) is 11.1. The Labute approximate surface area is 99.5 Å². The summed E-state index contributed by atoms with van der Waals surface area (Å²) in [6.45, 7) is 10.2. The third-order valence-corrected chi connectivity index (χ3v) is 2.11. The van der Waals surface area contributed by atoms with Gasteiger partial charge in [-0.25, -0.2) is 0 Å². The summed E-state index contributed by atoms with van der Waals surface area (Å²) in [4.78, 5) is 4.07. The van der Waals surface area contributed by atoms with E-state index in [4.69, 9.17) is 0 Å². The van der Waals surface area contributed by atoms with Gasteiger partial charge in [0.25, 0.3) is 0 Å². The van der Waals surface area contributed by atoms with Gasteiger partial charge in [0.2, 0.25) is 0 Å². The average molecular weight is 217 g/mol. The van der Waals surface area contributed by atoms with Crippen molar-refractivity contribution in [3.63, 3.8) is 0 Å². The van der Waals surface area contributed by atoms with Gasteiger partial charge in [-0.3, -0.25) is 4.98 Å². The molecular weight excluding hydrogens is 194 g/mol. The highest BCUT2D eigenvalue weighted by molar-refractivity contribution is 5.81. The predicted molar refractivity (Wildman–Crippen MR) is 73.8 cm³/mol. The van der Waals surface area contributed by atoms with Gasteiger partial charge in [0.15, 0.2) is 0 Å². The predicted octanol–water partition coefficient (Wildman–Crippen LogP) is 4.85. The molecule has 16 heavy (non-hydrogen) atoms. The van der Waals surface area contributed by atoms with Gasteiger partial charge in [-0.15, -0.1) is 0 Å². The van der Waals surface area contributed by atoms with Crippen LogP contribution in [-0.4, -0.2) is 4.98 Å². The molecule has 1 heterocycles. The lowest BCUT2D eigenvalue weighted by atomic mass is 10.1. The molecule has 2 rings (SSSR count). The quantitative estimate of drug-likeness (QED) is 0.665. The summed E-state index contributed by atoms with van der Waals surface area (Å²) in [6, 6.07) is 8.55. The van der Waals surface area contributed by atoms with Crippen LogP contribution < -0.4 is 0 Å². The van der Waals surface area contributed by atoms with E-state index in [2.05, 4.69) is 36.2 Å². The molecule has 0 aliphatic carbocycles. The molecule has 0 saturated carbocycles. The monoisotopic (exact) mass is 217 g/mol. The molecule has 0 aliphatic heterocycles. The molecule has 1 aromatic carbocycles. The van der Waals surface area contributed by atoms with Crippen LogP contribution in [0.25, 0.3) is 10.8 Å². The number of aryl methyl sites for hydroxylation is 1. The number of fused-ring (bicyclic) bond motifs is 1. The van der Waals surface area contributed by atoms with Crippen molar-refractivity contribution in [1.82, 2.24) is 4.98 Å². The van der Waals surface area contributed by atoms with Crippen LogP contribution >= 0.6 is 0 Å². The molecule has 0 fully saturated rings. The van der Waals surface area contributed by atoms with Crippen LogP contribution in [0.4, 0.5) is 0 Å². The molecule has 1 nitrogen and oxygen atoms in total. The fraction of sp³-hybridized carbons (Fsp3) is 0.400. The Hall–Kier alpha value is -1.37. The summed E-state index contributed by atoms with van der Waals surface area (Å²) in [5.74, 6) is 0. The van der Waals surface area contributed by atoms with Crippen molar-refractivity contribution in [1.29, 1.82) is 0 Å². The molecule has 0 bridgehead atoms. The third-order valence-electron chi connectivity index (χ3n) is 2.11. The topological polar surface area (TPSA) is 12.9 Å². The van der Waals surface area contributed by atoms with Crippen LogP contribution in [0, 0.1) is 0 Å². The standard InChI is InChI=1S/C11H11N.2C2H6/c1-2-9-3-4-11-8-12-6-5-10(11)7-9;2*1-2/h3-8H,2H2,1H3;2*1-2H3. The van der Waals surface area contributed by atoms with Gasteiger partial charge in [-0.05, 0) is 23.4 Å². The molecule has 0 unspecified atom stereocenters. The van der Waals surface area contributed by atoms with E-state index in [0.29, 0.717) is 0 Å². The number of benzene rings is 1. The Bertz CT molecular complexity index is 393. The van der Waals surface area contributed by atoms with E-state index in [-0.39, 0.29) is 0 Å². The summed E-state index contributed by atoms with van der Waals surface area (Å²) in [5, 5.41) is 2.50. The highest BCUT2D eigenvalue weighted by Crippen LogP contribution is 2.14. The first-order chi connectivity index (χ1) is 7.90. The highest BCUT2D eigenvalue weighted by Gasteiger charge is 1.92. The first-order valence-electron chi connectivity index (χ1n) is 6.23. The first-order valence-corrected chi connectivity index (χ1v) is 6.23. The first kappa shape index (κ1) is 14.6. The van der Waals surface area contributed by atoms with Gasteiger partial charge in [0, 0.05) is 17.8 Å². The molecule has 0 amide bonds. The van der Waals surface area contributed by atoms with E-state index in [1.807, 2.05) is 40.1 Å². The van der Waals surface area contributed by atoms with Gasteiger partial charge in [0.1, 0.15) is 0 Å². The second-order valence-electron chi connectivity index (χ2n) is 2.91. The molecule has 1 heteroatoms. The van der Waals surface area contributed by atoms with Crippen molar-refractivity contribution >= 4 is 10.8 Å². The lowest BCUT2D eigenvalue weighted by Gasteiger charge is -1.99. The van der Waals surface area contributed by atoms with Gasteiger partial charge < -0.3 is 0 Å². The number of aromatic nitrogens is 1. The third kappa shape index (κ3) is 4.01. The fourth-order valence-corrected chi connectivity index (χ4v) is 1.35. The Morgan fingerprint density at radius 2 is 1.62 bits per heavy atom. The molecule has 0 N–H and O–H groups in total. The zero-order valence-corrected chi connectivity index (χ0v) is 11.1. The van der Waals surface area contributed by atoms with Crippen LogP contribution in [-0.2, 0) is 6.42 Å². The molecule has 0 atom stereocenters. The molecule has 0 aliphatic rings. The number of hydrogen-bond donors (Lipinski definition) is 0. The smallest absolute Gasteiger partial charge is 0.0346 e. The summed E-state index contributed by atoms with van der Waals surface area (Å²) in [6.07, 6.45) is 4.83. The van der Waals surface area contributed by atoms with E-state index in [9.17, 15) is 0 Å². The van der Waals surface area contributed by atoms with E-state index in [1.165, 1.54) is 16.3 Å². The number of nitrogens with zero attached hydrogens (tertiary/aromatic N) is 1. The molecule has 0 spiro atoms. The van der Waals surface area contributed by atoms with Crippen LogP contribution in [0.5, 0.6) is 0 Å². The van der Waals surface area contributed by atoms with Crippen LogP contribution in [0.2, 0.25) is 0 Å². The minimum absolute atomic E-state index is 1.10. The number of pyridine rings is 1. The van der Waals surface area contributed by atoms with Gasteiger partial charge >= 0.3 is 0 Å². The Morgan fingerprint density at radius 3 is 2.25 bits per heavy atom. The molecule has 0 radical (unpaired) electrons. The highest BCUT2D eigenvalue weighted by atomic mass is 14.6. The Morgan fingerprint density at radius 1 is 0.938 bits per heavy atom. The summed E-state index contributed by atoms with van der Waals surface area (Å²) < 4.78 is 0. The largest absolute Gasteiger partial charge is 0.264 e. The van der Waals surface area contributed by atoms with E-state index in [0.717, 1.165) is 6.42 Å². The minimum Gasteiger partial charge on any atom is -0.264 e. The maximum atomic E-state index is 4.07. The molecular formula is C15H23N. The van der Waals surface area contributed by atoms with Crippen LogP contribution in [0.15, 0.2) is 36.7 Å². The van der Waals surface area contributed by atoms with Crippen molar-refractivity contribution < 1.29 is 0 Å². The normalized spacial score (nSPS) is 8.56. The molecule has 0 saturated heterocycles. The summed E-state index contributed by atoms with van der Waals surface area (Å²) in [7, 11) is 0. The second kappa shape index (κ2) is 8.90. The maximum Gasteiger partial charge on any atom is 0.0346 e. The second-order valence-corrected chi connectivity index (χ2v) is 2.91. The maximum absolute atomic E-state index is 4.07.